The molecule has 19 heavy (non-hydrogen) atoms. The molecule has 4 nitrogen and oxygen atoms in total. The highest BCUT2D eigenvalue weighted by Gasteiger charge is 2.17. The molecule has 0 radical (unpaired) electrons. The van der Waals surface area contributed by atoms with Gasteiger partial charge >= 0.3 is 0 Å². The van der Waals surface area contributed by atoms with E-state index in [1.807, 2.05) is 36.4 Å². The summed E-state index contributed by atoms with van der Waals surface area (Å²) in [5, 5.41) is 10.3. The first-order chi connectivity index (χ1) is 9.28. The van der Waals surface area contributed by atoms with E-state index in [9.17, 15) is 5.11 Å². The molecule has 0 bridgehead atoms. The Kier molecular flexibility index (Phi) is 3.01. The number of fused-ring (bicyclic) bond motifs is 1. The summed E-state index contributed by atoms with van der Waals surface area (Å²) < 4.78 is 15.7. The Bertz CT molecular complexity index is 577. The highest BCUT2D eigenvalue weighted by Crippen LogP contribution is 2.35. The first kappa shape index (κ1) is 11.9. The predicted octanol–water partition coefficient (Wildman–Crippen LogP) is 2.51. The predicted molar refractivity (Wildman–Crippen MR) is 69.6 cm³/mol. The average molecular weight is 258 g/mol. The van der Waals surface area contributed by atoms with Crippen LogP contribution < -0.4 is 14.2 Å². The largest absolute Gasteiger partial charge is 0.497 e. The SMILES string of the molecule is COc1ccc([C@H](O)c2ccc3c(c2)OCO3)cc1. The molecular formula is C15H14O4. The Morgan fingerprint density at radius 2 is 1.68 bits per heavy atom. The van der Waals surface area contributed by atoms with Gasteiger partial charge in [-0.05, 0) is 35.4 Å². The van der Waals surface area contributed by atoms with Gasteiger partial charge in [-0.15, -0.1) is 0 Å². The Morgan fingerprint density at radius 1 is 1.00 bits per heavy atom. The lowest BCUT2D eigenvalue weighted by molar-refractivity contribution is 0.173. The minimum Gasteiger partial charge on any atom is -0.497 e. The lowest BCUT2D eigenvalue weighted by atomic mass is 10.0. The van der Waals surface area contributed by atoms with Gasteiger partial charge in [0.05, 0.1) is 7.11 Å². The van der Waals surface area contributed by atoms with Crippen LogP contribution in [0.2, 0.25) is 0 Å². The van der Waals surface area contributed by atoms with E-state index in [4.69, 9.17) is 14.2 Å². The molecule has 1 atom stereocenters. The van der Waals surface area contributed by atoms with Crippen molar-refractivity contribution < 1.29 is 19.3 Å². The summed E-state index contributed by atoms with van der Waals surface area (Å²) in [5.41, 5.74) is 1.58. The van der Waals surface area contributed by atoms with Crippen molar-refractivity contribution in [1.29, 1.82) is 0 Å². The second kappa shape index (κ2) is 4.82. The molecule has 0 unspecified atom stereocenters. The fourth-order valence-corrected chi connectivity index (χ4v) is 2.06. The topological polar surface area (TPSA) is 47.9 Å². The third-order valence-electron chi connectivity index (χ3n) is 3.14. The maximum atomic E-state index is 10.3. The Labute approximate surface area is 111 Å². The molecule has 0 spiro atoms. The highest BCUT2D eigenvalue weighted by atomic mass is 16.7. The first-order valence-electron chi connectivity index (χ1n) is 5.99. The smallest absolute Gasteiger partial charge is 0.231 e. The molecule has 98 valence electrons. The van der Waals surface area contributed by atoms with E-state index in [2.05, 4.69) is 0 Å². The van der Waals surface area contributed by atoms with E-state index >= 15 is 0 Å². The van der Waals surface area contributed by atoms with Gasteiger partial charge in [-0.25, -0.2) is 0 Å². The average Bonchev–Trinajstić information content (AvgIpc) is 2.94. The Balaban J connectivity index is 1.88. The van der Waals surface area contributed by atoms with Gasteiger partial charge in [-0.3, -0.25) is 0 Å². The third-order valence-corrected chi connectivity index (χ3v) is 3.14. The van der Waals surface area contributed by atoms with E-state index in [0.717, 1.165) is 16.9 Å². The van der Waals surface area contributed by atoms with Gasteiger partial charge in [0.25, 0.3) is 0 Å². The number of hydrogen-bond donors (Lipinski definition) is 1. The highest BCUT2D eigenvalue weighted by molar-refractivity contribution is 5.46. The monoisotopic (exact) mass is 258 g/mol. The lowest BCUT2D eigenvalue weighted by Gasteiger charge is -2.12. The number of benzene rings is 2. The second-order valence-electron chi connectivity index (χ2n) is 4.29. The van der Waals surface area contributed by atoms with Crippen LogP contribution in [0.15, 0.2) is 42.5 Å². The Hall–Kier alpha value is -2.20. The summed E-state index contributed by atoms with van der Waals surface area (Å²) in [6.07, 6.45) is -0.694. The summed E-state index contributed by atoms with van der Waals surface area (Å²) in [6, 6.07) is 12.8. The van der Waals surface area contributed by atoms with Crippen molar-refractivity contribution >= 4 is 0 Å². The molecule has 0 saturated carbocycles. The van der Waals surface area contributed by atoms with Crippen LogP contribution in [0.3, 0.4) is 0 Å². The number of hydrogen-bond acceptors (Lipinski definition) is 4. The summed E-state index contributed by atoms with van der Waals surface area (Å²) in [7, 11) is 1.61. The summed E-state index contributed by atoms with van der Waals surface area (Å²) in [6.45, 7) is 0.234. The molecule has 1 heterocycles. The van der Waals surface area contributed by atoms with Crippen LogP contribution in [0.1, 0.15) is 17.2 Å². The number of aliphatic hydroxyl groups excluding tert-OH is 1. The van der Waals surface area contributed by atoms with E-state index < -0.39 is 6.10 Å². The van der Waals surface area contributed by atoms with Crippen LogP contribution in [-0.2, 0) is 0 Å². The van der Waals surface area contributed by atoms with Crippen LogP contribution in [0.25, 0.3) is 0 Å². The molecule has 0 saturated heterocycles. The zero-order valence-electron chi connectivity index (χ0n) is 10.5. The minimum atomic E-state index is -0.694. The number of ether oxygens (including phenoxy) is 3. The van der Waals surface area contributed by atoms with Crippen LogP contribution in [0.4, 0.5) is 0 Å². The van der Waals surface area contributed by atoms with Gasteiger partial charge in [0.15, 0.2) is 11.5 Å². The van der Waals surface area contributed by atoms with Crippen molar-refractivity contribution in [2.75, 3.05) is 13.9 Å². The molecule has 4 heteroatoms. The van der Waals surface area contributed by atoms with Crippen LogP contribution in [0, 0.1) is 0 Å². The van der Waals surface area contributed by atoms with Crippen molar-refractivity contribution in [3.63, 3.8) is 0 Å². The molecule has 2 aromatic rings. The van der Waals surface area contributed by atoms with Crippen LogP contribution in [0.5, 0.6) is 17.2 Å². The van der Waals surface area contributed by atoms with Gasteiger partial charge in [0.1, 0.15) is 11.9 Å². The zero-order chi connectivity index (χ0) is 13.2. The molecular weight excluding hydrogens is 244 g/mol. The first-order valence-corrected chi connectivity index (χ1v) is 5.99. The minimum absolute atomic E-state index is 0.234. The fourth-order valence-electron chi connectivity index (χ4n) is 2.06. The van der Waals surface area contributed by atoms with Crippen molar-refractivity contribution in [1.82, 2.24) is 0 Å². The van der Waals surface area contributed by atoms with E-state index in [1.54, 1.807) is 13.2 Å². The molecule has 2 aromatic carbocycles. The third kappa shape index (κ3) is 2.22. The zero-order valence-corrected chi connectivity index (χ0v) is 10.5. The van der Waals surface area contributed by atoms with E-state index in [0.29, 0.717) is 11.5 Å². The van der Waals surface area contributed by atoms with Gasteiger partial charge in [-0.1, -0.05) is 18.2 Å². The van der Waals surface area contributed by atoms with Gasteiger partial charge in [0.2, 0.25) is 6.79 Å². The fraction of sp³-hybridized carbons (Fsp3) is 0.200. The van der Waals surface area contributed by atoms with Gasteiger partial charge in [0, 0.05) is 0 Å². The van der Waals surface area contributed by atoms with Crippen molar-refractivity contribution in [2.45, 2.75) is 6.10 Å². The molecule has 0 fully saturated rings. The van der Waals surface area contributed by atoms with Gasteiger partial charge in [-0.2, -0.15) is 0 Å². The second-order valence-corrected chi connectivity index (χ2v) is 4.29. The molecule has 1 aliphatic rings. The normalized spacial score (nSPS) is 14.2. The quantitative estimate of drug-likeness (QED) is 0.919. The Morgan fingerprint density at radius 3 is 2.42 bits per heavy atom. The standard InChI is InChI=1S/C15H14O4/c1-17-12-5-2-10(3-6-12)15(16)11-4-7-13-14(8-11)19-9-18-13/h2-8,15-16H,9H2,1H3/t15-/m0/s1. The molecule has 1 N–H and O–H groups in total. The maximum absolute atomic E-state index is 10.3. The van der Waals surface area contributed by atoms with Crippen LogP contribution >= 0.6 is 0 Å². The van der Waals surface area contributed by atoms with Crippen molar-refractivity contribution in [3.05, 3.63) is 53.6 Å². The maximum Gasteiger partial charge on any atom is 0.231 e. The molecule has 3 rings (SSSR count). The summed E-state index contributed by atoms with van der Waals surface area (Å²) in [4.78, 5) is 0. The molecule has 0 aliphatic carbocycles. The number of methoxy groups -OCH3 is 1. The molecule has 0 amide bonds. The molecule has 0 aromatic heterocycles. The summed E-state index contributed by atoms with van der Waals surface area (Å²) >= 11 is 0. The molecule has 1 aliphatic heterocycles. The summed E-state index contributed by atoms with van der Waals surface area (Å²) in [5.74, 6) is 2.15. The van der Waals surface area contributed by atoms with E-state index in [-0.39, 0.29) is 6.79 Å². The van der Waals surface area contributed by atoms with Crippen LogP contribution in [-0.4, -0.2) is 19.0 Å². The number of rotatable bonds is 3. The van der Waals surface area contributed by atoms with Gasteiger partial charge < -0.3 is 19.3 Å². The van der Waals surface area contributed by atoms with Crippen molar-refractivity contribution in [2.24, 2.45) is 0 Å². The number of aliphatic hydroxyl groups is 1. The van der Waals surface area contributed by atoms with E-state index in [1.165, 1.54) is 0 Å². The lowest BCUT2D eigenvalue weighted by Crippen LogP contribution is -1.99. The van der Waals surface area contributed by atoms with Crippen molar-refractivity contribution in [3.8, 4) is 17.2 Å².